The number of aromatic nitrogens is 1. The number of para-hydroxylation sites is 1. The Kier molecular flexibility index (Phi) is 4.40. The second-order valence-corrected chi connectivity index (χ2v) is 7.01. The van der Waals surface area contributed by atoms with Crippen molar-refractivity contribution in [3.05, 3.63) is 46.7 Å². The lowest BCUT2D eigenvalue weighted by molar-refractivity contribution is 0.0978. The number of halogens is 1. The van der Waals surface area contributed by atoms with Crippen LogP contribution >= 0.6 is 27.7 Å². The summed E-state index contributed by atoms with van der Waals surface area (Å²) in [7, 11) is 0. The van der Waals surface area contributed by atoms with E-state index in [-0.39, 0.29) is 5.91 Å². The van der Waals surface area contributed by atoms with Gasteiger partial charge in [-0.15, -0.1) is 11.8 Å². The molecule has 0 bridgehead atoms. The molecule has 2 aromatic rings. The predicted molar refractivity (Wildman–Crippen MR) is 91.3 cm³/mol. The highest BCUT2D eigenvalue weighted by molar-refractivity contribution is 9.10. The first-order valence-electron chi connectivity index (χ1n) is 7.10. The van der Waals surface area contributed by atoms with Gasteiger partial charge in [0.25, 0.3) is 5.91 Å². The first kappa shape index (κ1) is 14.7. The van der Waals surface area contributed by atoms with Crippen molar-refractivity contribution in [2.45, 2.75) is 24.8 Å². The Morgan fingerprint density at radius 2 is 2.19 bits per heavy atom. The number of hydrogen-bond donors (Lipinski definition) is 0. The summed E-state index contributed by atoms with van der Waals surface area (Å²) in [5.41, 5.74) is 1.77. The maximum Gasteiger partial charge on any atom is 0.274 e. The third-order valence-corrected chi connectivity index (χ3v) is 5.19. The van der Waals surface area contributed by atoms with Crippen LogP contribution in [0, 0.1) is 0 Å². The van der Waals surface area contributed by atoms with Gasteiger partial charge in [-0.3, -0.25) is 4.79 Å². The molecule has 5 heteroatoms. The van der Waals surface area contributed by atoms with Gasteiger partial charge in [-0.1, -0.05) is 12.1 Å². The number of benzene rings is 1. The lowest BCUT2D eigenvalue weighted by atomic mass is 10.2. The van der Waals surface area contributed by atoms with Crippen LogP contribution in [0.3, 0.4) is 0 Å². The van der Waals surface area contributed by atoms with E-state index in [0.29, 0.717) is 0 Å². The van der Waals surface area contributed by atoms with Gasteiger partial charge in [0.2, 0.25) is 0 Å². The molecule has 0 radical (unpaired) electrons. The molecular formula is C16H17BrN2OS. The highest BCUT2D eigenvalue weighted by Crippen LogP contribution is 2.34. The number of rotatable bonds is 2. The van der Waals surface area contributed by atoms with Crippen molar-refractivity contribution in [3.63, 3.8) is 0 Å². The number of carbonyl (C=O) groups is 1. The molecule has 3 rings (SSSR count). The van der Waals surface area contributed by atoms with E-state index in [2.05, 4.69) is 28.9 Å². The highest BCUT2D eigenvalue weighted by atomic mass is 79.9. The summed E-state index contributed by atoms with van der Waals surface area (Å²) < 4.78 is 2.94. The van der Waals surface area contributed by atoms with Crippen LogP contribution < -0.4 is 4.90 Å². The largest absolute Gasteiger partial charge is 0.343 e. The van der Waals surface area contributed by atoms with Gasteiger partial charge < -0.3 is 9.47 Å². The molecule has 0 saturated heterocycles. The van der Waals surface area contributed by atoms with Crippen LogP contribution in [0.15, 0.2) is 45.9 Å². The zero-order valence-corrected chi connectivity index (χ0v) is 14.3. The van der Waals surface area contributed by atoms with Crippen molar-refractivity contribution in [2.75, 3.05) is 17.2 Å². The Labute approximate surface area is 137 Å². The summed E-state index contributed by atoms with van der Waals surface area (Å²) in [5, 5.41) is 0. The zero-order valence-electron chi connectivity index (χ0n) is 11.9. The fourth-order valence-corrected chi connectivity index (χ4v) is 4.05. The standard InChI is InChI=1S/C16H17BrN2OS/c1-2-18-11-12(17)10-14(18)16(20)19-8-5-9-21-15-7-4-3-6-13(15)19/h3-4,6-7,10-11H,2,5,8-9H2,1H3. The molecule has 3 nitrogen and oxygen atoms in total. The van der Waals surface area contributed by atoms with Crippen molar-refractivity contribution < 1.29 is 4.79 Å². The van der Waals surface area contributed by atoms with Gasteiger partial charge in [0.1, 0.15) is 5.69 Å². The van der Waals surface area contributed by atoms with E-state index in [1.807, 2.05) is 51.7 Å². The molecule has 0 atom stereocenters. The summed E-state index contributed by atoms with van der Waals surface area (Å²) in [4.78, 5) is 16.1. The normalized spacial score (nSPS) is 14.7. The molecule has 0 saturated carbocycles. The van der Waals surface area contributed by atoms with Crippen LogP contribution in [0.5, 0.6) is 0 Å². The molecule has 1 aromatic carbocycles. The fourth-order valence-electron chi connectivity index (χ4n) is 2.59. The maximum absolute atomic E-state index is 13.0. The lowest BCUT2D eigenvalue weighted by Gasteiger charge is -2.23. The van der Waals surface area contributed by atoms with Crippen LogP contribution in [-0.2, 0) is 6.54 Å². The molecule has 0 spiro atoms. The fraction of sp³-hybridized carbons (Fsp3) is 0.312. The number of hydrogen-bond acceptors (Lipinski definition) is 2. The van der Waals surface area contributed by atoms with Crippen LogP contribution in [0.1, 0.15) is 23.8 Å². The summed E-state index contributed by atoms with van der Waals surface area (Å²) >= 11 is 5.30. The molecule has 1 aliphatic heterocycles. The van der Waals surface area contributed by atoms with Crippen molar-refractivity contribution in [1.82, 2.24) is 4.57 Å². The van der Waals surface area contributed by atoms with Crippen LogP contribution in [0.25, 0.3) is 0 Å². The van der Waals surface area contributed by atoms with E-state index in [1.54, 1.807) is 0 Å². The second-order valence-electron chi connectivity index (χ2n) is 4.96. The van der Waals surface area contributed by atoms with Crippen LogP contribution in [0.2, 0.25) is 0 Å². The SMILES string of the molecule is CCn1cc(Br)cc1C(=O)N1CCCSc2ccccc21. The Hall–Kier alpha value is -1.20. The van der Waals surface area contributed by atoms with Gasteiger partial charge in [-0.2, -0.15) is 0 Å². The molecule has 0 unspecified atom stereocenters. The monoisotopic (exact) mass is 364 g/mol. The Balaban J connectivity index is 2.01. The third kappa shape index (κ3) is 2.90. The molecule has 21 heavy (non-hydrogen) atoms. The minimum atomic E-state index is 0.0810. The molecule has 110 valence electrons. The minimum absolute atomic E-state index is 0.0810. The van der Waals surface area contributed by atoms with Gasteiger partial charge in [-0.05, 0) is 53.2 Å². The van der Waals surface area contributed by atoms with E-state index >= 15 is 0 Å². The van der Waals surface area contributed by atoms with E-state index < -0.39 is 0 Å². The van der Waals surface area contributed by atoms with Crippen LogP contribution in [0.4, 0.5) is 5.69 Å². The highest BCUT2D eigenvalue weighted by Gasteiger charge is 2.24. The molecule has 2 heterocycles. The summed E-state index contributed by atoms with van der Waals surface area (Å²) in [6, 6.07) is 10.1. The lowest BCUT2D eigenvalue weighted by Crippen LogP contribution is -2.33. The predicted octanol–water partition coefficient (Wildman–Crippen LogP) is 4.41. The molecular weight excluding hydrogens is 348 g/mol. The topological polar surface area (TPSA) is 25.2 Å². The molecule has 1 amide bonds. The number of fused-ring (bicyclic) bond motifs is 1. The molecule has 1 aliphatic rings. The third-order valence-electron chi connectivity index (χ3n) is 3.61. The van der Waals surface area contributed by atoms with Gasteiger partial charge in [0.15, 0.2) is 0 Å². The van der Waals surface area contributed by atoms with Gasteiger partial charge in [-0.25, -0.2) is 0 Å². The van der Waals surface area contributed by atoms with E-state index in [9.17, 15) is 4.79 Å². The molecule has 0 fully saturated rings. The van der Waals surface area contributed by atoms with Crippen LogP contribution in [-0.4, -0.2) is 22.8 Å². The number of carbonyl (C=O) groups excluding carboxylic acids is 1. The Bertz CT molecular complexity index is 668. The minimum Gasteiger partial charge on any atom is -0.343 e. The number of nitrogens with zero attached hydrogens (tertiary/aromatic N) is 2. The van der Waals surface area contributed by atoms with E-state index in [1.165, 1.54) is 4.90 Å². The zero-order chi connectivity index (χ0) is 14.8. The second kappa shape index (κ2) is 6.28. The average molecular weight is 365 g/mol. The van der Waals surface area contributed by atoms with Crippen molar-refractivity contribution in [1.29, 1.82) is 0 Å². The number of anilines is 1. The number of amides is 1. The Morgan fingerprint density at radius 3 is 3.00 bits per heavy atom. The quantitative estimate of drug-likeness (QED) is 0.788. The van der Waals surface area contributed by atoms with E-state index in [0.717, 1.165) is 41.1 Å². The number of thioether (sulfide) groups is 1. The molecule has 0 aliphatic carbocycles. The Morgan fingerprint density at radius 1 is 1.38 bits per heavy atom. The average Bonchev–Trinajstić information content (AvgIpc) is 2.75. The first-order chi connectivity index (χ1) is 10.2. The van der Waals surface area contributed by atoms with Gasteiger partial charge >= 0.3 is 0 Å². The maximum atomic E-state index is 13.0. The number of aryl methyl sites for hydroxylation is 1. The summed E-state index contributed by atoms with van der Waals surface area (Å²) in [5.74, 6) is 1.14. The van der Waals surface area contributed by atoms with Gasteiger partial charge in [0, 0.05) is 28.7 Å². The van der Waals surface area contributed by atoms with E-state index in [4.69, 9.17) is 0 Å². The molecule has 0 N–H and O–H groups in total. The summed E-state index contributed by atoms with van der Waals surface area (Å²) in [6.07, 6.45) is 2.98. The van der Waals surface area contributed by atoms with Gasteiger partial charge in [0.05, 0.1) is 5.69 Å². The smallest absolute Gasteiger partial charge is 0.274 e. The van der Waals surface area contributed by atoms with Crippen molar-refractivity contribution in [3.8, 4) is 0 Å². The van der Waals surface area contributed by atoms with Crippen molar-refractivity contribution in [2.24, 2.45) is 0 Å². The first-order valence-corrected chi connectivity index (χ1v) is 8.88. The molecule has 1 aromatic heterocycles. The van der Waals surface area contributed by atoms with Crippen molar-refractivity contribution >= 4 is 39.3 Å². The summed E-state index contributed by atoms with van der Waals surface area (Å²) in [6.45, 7) is 3.61.